The van der Waals surface area contributed by atoms with Crippen molar-refractivity contribution in [3.05, 3.63) is 156 Å². The maximum Gasteiger partial charge on any atom is 0.258 e. The molecule has 0 spiro atoms. The summed E-state index contributed by atoms with van der Waals surface area (Å²) in [5.41, 5.74) is 3.02. The Bertz CT molecular complexity index is 2000. The Hall–Kier alpha value is -6.16. The van der Waals surface area contributed by atoms with E-state index in [0.29, 0.717) is 48.3 Å². The molecule has 10 nitrogen and oxygen atoms in total. The number of ether oxygens (including phenoxy) is 2. The van der Waals surface area contributed by atoms with Crippen LogP contribution in [-0.2, 0) is 9.59 Å². The zero-order chi connectivity index (χ0) is 44.8. The molecule has 0 fully saturated rings. The number of para-hydroxylation sites is 2. The third kappa shape index (κ3) is 12.5. The number of carbonyl (C=O) groups is 4. The fraction of sp³-hybridized carbons (Fsp3) is 0.385. The number of fused-ring (bicyclic) bond motifs is 2. The summed E-state index contributed by atoms with van der Waals surface area (Å²) >= 11 is 0. The highest BCUT2D eigenvalue weighted by Crippen LogP contribution is 2.28. The second-order valence-corrected chi connectivity index (χ2v) is 16.9. The third-order valence-corrected chi connectivity index (χ3v) is 11.2. The van der Waals surface area contributed by atoms with E-state index in [9.17, 15) is 19.2 Å². The van der Waals surface area contributed by atoms with Crippen LogP contribution < -0.4 is 20.1 Å². The van der Waals surface area contributed by atoms with Crippen molar-refractivity contribution >= 4 is 23.6 Å². The number of carbonyl (C=O) groups excluding carboxylic acids is 4. The Labute approximate surface area is 368 Å². The average Bonchev–Trinajstić information content (AvgIpc) is 3.25. The smallest absolute Gasteiger partial charge is 0.258 e. The van der Waals surface area contributed by atoms with Crippen LogP contribution >= 0.6 is 0 Å². The highest BCUT2D eigenvalue weighted by molar-refractivity contribution is 6.00. The van der Waals surface area contributed by atoms with Gasteiger partial charge in [-0.3, -0.25) is 19.2 Å². The molecule has 0 bridgehead atoms. The molecular weight excluding hydrogens is 777 g/mol. The number of hydrogen-bond donors (Lipinski definition) is 2. The quantitative estimate of drug-likeness (QED) is 0.198. The molecule has 6 rings (SSSR count). The lowest BCUT2D eigenvalue weighted by molar-refractivity contribution is -0.128. The first-order chi connectivity index (χ1) is 29.8. The zero-order valence-electron chi connectivity index (χ0n) is 37.5. The van der Waals surface area contributed by atoms with Crippen molar-refractivity contribution in [1.29, 1.82) is 0 Å². The summed E-state index contributed by atoms with van der Waals surface area (Å²) in [7, 11) is 3.38. The largest absolute Gasteiger partial charge is 0.490 e. The molecule has 0 unspecified atom stereocenters. The number of hydrogen-bond acceptors (Lipinski definition) is 6. The van der Waals surface area contributed by atoms with Crippen molar-refractivity contribution in [2.24, 2.45) is 11.8 Å². The summed E-state index contributed by atoms with van der Waals surface area (Å²) in [5.74, 6) is 0.223. The second kappa shape index (κ2) is 22.6. The predicted octanol–water partition coefficient (Wildman–Crippen LogP) is 9.52. The molecule has 0 aliphatic carbocycles. The average molecular weight is 841 g/mol. The van der Waals surface area contributed by atoms with Crippen LogP contribution in [0.5, 0.6) is 11.5 Å². The maximum atomic E-state index is 13.4. The SMILES string of the molecule is CC(C)[C@@H]1C(=O)N[C@H](c2ccccc2)C/C=C/C[C@H](C)Oc2ccccc2C(=O)N1C.CC(C)[C@@H]1C(=O)N[C@H](c2ccccc2)C/C=C\C[C@H](C)Oc2ccccc2C(=O)N1C. The predicted molar refractivity (Wildman–Crippen MR) is 246 cm³/mol. The van der Waals surface area contributed by atoms with Crippen LogP contribution in [0, 0.1) is 11.8 Å². The molecule has 2 N–H and O–H groups in total. The summed E-state index contributed by atoms with van der Waals surface area (Å²) < 4.78 is 12.2. The summed E-state index contributed by atoms with van der Waals surface area (Å²) in [4.78, 5) is 56.6. The van der Waals surface area contributed by atoms with E-state index in [1.54, 1.807) is 26.2 Å². The molecule has 2 aliphatic heterocycles. The number of nitrogens with one attached hydrogen (secondary N) is 2. The van der Waals surface area contributed by atoms with Crippen LogP contribution in [0.25, 0.3) is 0 Å². The van der Waals surface area contributed by atoms with Crippen molar-refractivity contribution in [3.8, 4) is 11.5 Å². The number of nitrogens with zero attached hydrogens (tertiary/aromatic N) is 2. The van der Waals surface area contributed by atoms with Gasteiger partial charge in [-0.2, -0.15) is 0 Å². The number of benzene rings is 4. The lowest BCUT2D eigenvalue weighted by atomic mass is 9.98. The van der Waals surface area contributed by atoms with E-state index in [1.165, 1.54) is 9.80 Å². The van der Waals surface area contributed by atoms with Gasteiger partial charge in [0.1, 0.15) is 23.6 Å². The Morgan fingerprint density at radius 2 is 0.806 bits per heavy atom. The lowest BCUT2D eigenvalue weighted by Gasteiger charge is -2.32. The molecule has 0 saturated carbocycles. The first-order valence-corrected chi connectivity index (χ1v) is 21.8. The molecule has 4 amide bonds. The van der Waals surface area contributed by atoms with Crippen molar-refractivity contribution < 1.29 is 28.7 Å². The molecule has 0 radical (unpaired) electrons. The summed E-state index contributed by atoms with van der Waals surface area (Å²) in [5, 5.41) is 6.38. The molecule has 0 aromatic heterocycles. The van der Waals surface area contributed by atoms with Gasteiger partial charge in [0.25, 0.3) is 11.8 Å². The highest BCUT2D eigenvalue weighted by atomic mass is 16.5. The molecule has 10 heteroatoms. The number of likely N-dealkylation sites (N-methyl/N-ethyl adjacent to an activating group) is 2. The van der Waals surface area contributed by atoms with E-state index in [4.69, 9.17) is 9.47 Å². The van der Waals surface area contributed by atoms with Crippen LogP contribution in [-0.4, -0.2) is 71.8 Å². The summed E-state index contributed by atoms with van der Waals surface area (Å²) in [6.07, 6.45) is 10.9. The molecular formula is C52H64N4O6. The first-order valence-electron chi connectivity index (χ1n) is 21.8. The normalized spacial score (nSPS) is 24.0. The van der Waals surface area contributed by atoms with Gasteiger partial charge in [-0.15, -0.1) is 0 Å². The van der Waals surface area contributed by atoms with Gasteiger partial charge in [0.05, 0.1) is 35.4 Å². The third-order valence-electron chi connectivity index (χ3n) is 11.2. The van der Waals surface area contributed by atoms with Gasteiger partial charge >= 0.3 is 0 Å². The van der Waals surface area contributed by atoms with Gasteiger partial charge in [0, 0.05) is 26.9 Å². The first kappa shape index (κ1) is 46.9. The van der Waals surface area contributed by atoms with Crippen LogP contribution in [0.4, 0.5) is 0 Å². The molecule has 4 aromatic rings. The number of rotatable bonds is 4. The molecule has 328 valence electrons. The van der Waals surface area contributed by atoms with Gasteiger partial charge in [-0.25, -0.2) is 0 Å². The van der Waals surface area contributed by atoms with Crippen LogP contribution in [0.3, 0.4) is 0 Å². The number of amides is 4. The van der Waals surface area contributed by atoms with Gasteiger partial charge in [-0.1, -0.05) is 137 Å². The van der Waals surface area contributed by atoms with Crippen LogP contribution in [0.15, 0.2) is 133 Å². The van der Waals surface area contributed by atoms with E-state index >= 15 is 0 Å². The van der Waals surface area contributed by atoms with E-state index in [2.05, 4.69) is 34.9 Å². The highest BCUT2D eigenvalue weighted by Gasteiger charge is 2.34. The molecule has 62 heavy (non-hydrogen) atoms. The second-order valence-electron chi connectivity index (χ2n) is 16.9. The van der Waals surface area contributed by atoms with Crippen molar-refractivity contribution in [2.75, 3.05) is 14.1 Å². The zero-order valence-corrected chi connectivity index (χ0v) is 37.5. The molecule has 2 heterocycles. The Kier molecular flexibility index (Phi) is 17.1. The molecule has 4 aromatic carbocycles. The van der Waals surface area contributed by atoms with Gasteiger partial charge in [-0.05, 0) is 73.9 Å². The van der Waals surface area contributed by atoms with Crippen molar-refractivity contribution in [1.82, 2.24) is 20.4 Å². The van der Waals surface area contributed by atoms with E-state index in [-0.39, 0.29) is 59.8 Å². The van der Waals surface area contributed by atoms with E-state index < -0.39 is 12.1 Å². The van der Waals surface area contributed by atoms with Gasteiger partial charge in [0.2, 0.25) is 11.8 Å². The Morgan fingerprint density at radius 1 is 0.484 bits per heavy atom. The Balaban J connectivity index is 0.000000234. The minimum absolute atomic E-state index is 0.0548. The lowest BCUT2D eigenvalue weighted by Crippen LogP contribution is -2.51. The monoisotopic (exact) mass is 840 g/mol. The van der Waals surface area contributed by atoms with Crippen molar-refractivity contribution in [2.45, 2.75) is 104 Å². The molecule has 6 atom stereocenters. The van der Waals surface area contributed by atoms with Gasteiger partial charge < -0.3 is 29.9 Å². The van der Waals surface area contributed by atoms with Crippen molar-refractivity contribution in [3.63, 3.8) is 0 Å². The fourth-order valence-corrected chi connectivity index (χ4v) is 7.99. The van der Waals surface area contributed by atoms with E-state index in [0.717, 1.165) is 11.1 Å². The summed E-state index contributed by atoms with van der Waals surface area (Å²) in [6.45, 7) is 11.8. The minimum Gasteiger partial charge on any atom is -0.490 e. The molecule has 0 saturated heterocycles. The Morgan fingerprint density at radius 3 is 1.16 bits per heavy atom. The fourth-order valence-electron chi connectivity index (χ4n) is 7.99. The van der Waals surface area contributed by atoms with Crippen LogP contribution in [0.2, 0.25) is 0 Å². The minimum atomic E-state index is -0.601. The van der Waals surface area contributed by atoms with Gasteiger partial charge in [0.15, 0.2) is 0 Å². The topological polar surface area (TPSA) is 117 Å². The molecule has 2 aliphatic rings. The van der Waals surface area contributed by atoms with E-state index in [1.807, 2.05) is 139 Å². The maximum absolute atomic E-state index is 13.4. The van der Waals surface area contributed by atoms with Crippen LogP contribution in [0.1, 0.15) is 111 Å². The summed E-state index contributed by atoms with van der Waals surface area (Å²) in [6, 6.07) is 32.8. The standard InChI is InChI=1S/2C26H32N2O3/c2*1-18(2)24-25(29)27-22(20-13-6-5-7-14-20)16-10-8-12-19(3)31-23-17-11-9-15-21(23)26(30)28(24)4/h2*5-11,13-15,17-19,22,24H,12,16H2,1-4H3,(H,27,29)/b10-8+;10-8-/t2*19-,22-,24+/m00/s1.